The summed E-state index contributed by atoms with van der Waals surface area (Å²) >= 11 is 0. The lowest BCUT2D eigenvalue weighted by Gasteiger charge is -2.31. The summed E-state index contributed by atoms with van der Waals surface area (Å²) in [6.07, 6.45) is 0.816. The van der Waals surface area contributed by atoms with Crippen LogP contribution >= 0.6 is 0 Å². The summed E-state index contributed by atoms with van der Waals surface area (Å²) in [4.78, 5) is 0. The molecule has 1 spiro atoms. The average Bonchev–Trinajstić information content (AvgIpc) is 3.53. The number of benzene rings is 5. The Hall–Kier alpha value is -4.08. The Morgan fingerprint density at radius 2 is 1.14 bits per heavy atom. The molecule has 0 saturated heterocycles. The zero-order valence-corrected chi connectivity index (χ0v) is 19.1. The first kappa shape index (κ1) is 19.3. The van der Waals surface area contributed by atoms with Crippen LogP contribution in [0.2, 0.25) is 0 Å². The Kier molecular flexibility index (Phi) is 3.71. The van der Waals surface area contributed by atoms with Gasteiger partial charge >= 0.3 is 7.69 Å². The lowest BCUT2D eigenvalue weighted by molar-refractivity contribution is 0.452. The second kappa shape index (κ2) is 6.75. The summed E-state index contributed by atoms with van der Waals surface area (Å²) in [7, 11) is -0.346. The second-order valence-corrected chi connectivity index (χ2v) is 9.65. The lowest BCUT2D eigenvalue weighted by Crippen LogP contribution is -2.26. The summed E-state index contributed by atoms with van der Waals surface area (Å²) in [5, 5.41) is 10.00. The van der Waals surface area contributed by atoms with Gasteiger partial charge in [0.15, 0.2) is 0 Å². The van der Waals surface area contributed by atoms with Gasteiger partial charge in [-0.25, -0.2) is 0 Å². The molecule has 1 N–H and O–H groups in total. The molecular weight excluding hydrogens is 427 g/mol. The minimum absolute atomic E-state index is 0.346. The van der Waals surface area contributed by atoms with Crippen LogP contribution in [0.5, 0.6) is 5.75 Å². The molecule has 35 heavy (non-hydrogen) atoms. The van der Waals surface area contributed by atoms with E-state index in [0.717, 1.165) is 17.7 Å². The highest BCUT2D eigenvalue weighted by Crippen LogP contribution is 2.65. The van der Waals surface area contributed by atoms with Gasteiger partial charge in [-0.05, 0) is 61.7 Å². The monoisotopic (exact) mass is 448 g/mol. The molecule has 0 aliphatic heterocycles. The van der Waals surface area contributed by atoms with Crippen LogP contribution < -0.4 is 4.65 Å². The number of hydrogen-bond donors (Lipinski definition) is 1. The number of fused-ring (bicyclic) bond motifs is 13. The van der Waals surface area contributed by atoms with E-state index in [1.807, 2.05) is 0 Å². The minimum atomic E-state index is -0.417. The van der Waals surface area contributed by atoms with Crippen LogP contribution in [0.4, 0.5) is 0 Å². The van der Waals surface area contributed by atoms with Crippen molar-refractivity contribution in [3.63, 3.8) is 0 Å². The van der Waals surface area contributed by atoms with E-state index in [1.54, 1.807) is 0 Å². The van der Waals surface area contributed by atoms with Crippen LogP contribution in [-0.2, 0) is 11.8 Å². The Labute approximate surface area is 204 Å². The third kappa shape index (κ3) is 2.20. The molecule has 0 bridgehead atoms. The fourth-order valence-electron chi connectivity index (χ4n) is 7.02. The van der Waals surface area contributed by atoms with Gasteiger partial charge in [0.05, 0.1) is 5.41 Å². The van der Waals surface area contributed by atoms with Crippen molar-refractivity contribution in [2.75, 3.05) is 0 Å². The first-order chi connectivity index (χ1) is 17.3. The van der Waals surface area contributed by atoms with Gasteiger partial charge in [0.1, 0.15) is 5.75 Å². The second-order valence-electron chi connectivity index (χ2n) is 9.65. The Morgan fingerprint density at radius 3 is 1.80 bits per heavy atom. The Morgan fingerprint density at radius 1 is 0.600 bits per heavy atom. The zero-order chi connectivity index (χ0) is 23.1. The van der Waals surface area contributed by atoms with Crippen molar-refractivity contribution in [1.82, 2.24) is 0 Å². The van der Waals surface area contributed by atoms with E-state index in [9.17, 15) is 5.02 Å². The fourth-order valence-corrected chi connectivity index (χ4v) is 7.02. The van der Waals surface area contributed by atoms with Gasteiger partial charge in [0.25, 0.3) is 0 Å². The van der Waals surface area contributed by atoms with E-state index < -0.39 is 5.41 Å². The highest BCUT2D eigenvalue weighted by atomic mass is 16.5. The van der Waals surface area contributed by atoms with Gasteiger partial charge in [-0.2, -0.15) is 0 Å². The maximum absolute atomic E-state index is 10.00. The van der Waals surface area contributed by atoms with Crippen LogP contribution in [0.25, 0.3) is 33.4 Å². The molecule has 0 atom stereocenters. The molecule has 0 aromatic heterocycles. The van der Waals surface area contributed by atoms with Crippen molar-refractivity contribution < 1.29 is 9.68 Å². The van der Waals surface area contributed by atoms with E-state index in [2.05, 4.69) is 103 Å². The molecule has 0 saturated carbocycles. The van der Waals surface area contributed by atoms with Crippen molar-refractivity contribution in [1.29, 1.82) is 0 Å². The molecule has 0 heterocycles. The van der Waals surface area contributed by atoms with Crippen molar-refractivity contribution in [3.05, 3.63) is 137 Å². The third-order valence-electron chi connectivity index (χ3n) is 8.22. The lowest BCUT2D eigenvalue weighted by atomic mass is 9.70. The normalized spacial score (nSPS) is 14.5. The molecule has 0 amide bonds. The van der Waals surface area contributed by atoms with E-state index in [1.165, 1.54) is 61.2 Å². The molecule has 0 radical (unpaired) electrons. The molecule has 0 unspecified atom stereocenters. The fraction of sp³-hybridized carbons (Fsp3) is 0.0625. The SMILES string of the molecule is OBOc1c2c(cc3c1-c1ccccc1C31c3ccccc3-c3ccccc31)-c1ccccc1C2. The zero-order valence-electron chi connectivity index (χ0n) is 19.1. The van der Waals surface area contributed by atoms with Gasteiger partial charge in [0, 0.05) is 17.5 Å². The largest absolute Gasteiger partial charge is 0.538 e. The van der Waals surface area contributed by atoms with Crippen LogP contribution in [0.1, 0.15) is 33.4 Å². The van der Waals surface area contributed by atoms with Crippen molar-refractivity contribution in [2.45, 2.75) is 11.8 Å². The molecule has 5 aromatic carbocycles. The van der Waals surface area contributed by atoms with Crippen LogP contribution in [0.15, 0.2) is 103 Å². The van der Waals surface area contributed by atoms with Gasteiger partial charge in [-0.15, -0.1) is 0 Å². The smallest absolute Gasteiger partial charge is 0.504 e. The van der Waals surface area contributed by atoms with Crippen LogP contribution in [0, 0.1) is 0 Å². The predicted octanol–water partition coefficient (Wildman–Crippen LogP) is 6.24. The maximum Gasteiger partial charge on any atom is 0.504 e. The Balaban J connectivity index is 1.58. The van der Waals surface area contributed by atoms with Crippen LogP contribution in [0.3, 0.4) is 0 Å². The summed E-state index contributed by atoms with van der Waals surface area (Å²) in [6.45, 7) is 0. The number of rotatable bonds is 2. The predicted molar refractivity (Wildman–Crippen MR) is 141 cm³/mol. The molecule has 3 aliphatic carbocycles. The first-order valence-electron chi connectivity index (χ1n) is 12.2. The molecule has 164 valence electrons. The van der Waals surface area contributed by atoms with Gasteiger partial charge < -0.3 is 9.68 Å². The topological polar surface area (TPSA) is 29.5 Å². The summed E-state index contributed by atoms with van der Waals surface area (Å²) in [5.74, 6) is 0.822. The molecule has 2 nitrogen and oxygen atoms in total. The third-order valence-corrected chi connectivity index (χ3v) is 8.22. The highest BCUT2D eigenvalue weighted by Gasteiger charge is 2.53. The summed E-state index contributed by atoms with van der Waals surface area (Å²) in [5.41, 5.74) is 14.6. The molecule has 0 fully saturated rings. The van der Waals surface area contributed by atoms with Gasteiger partial charge in [-0.1, -0.05) is 97.1 Å². The summed E-state index contributed by atoms with van der Waals surface area (Å²) in [6, 6.07) is 37.4. The Bertz CT molecular complexity index is 1660. The highest BCUT2D eigenvalue weighted by molar-refractivity contribution is 6.18. The average molecular weight is 448 g/mol. The quantitative estimate of drug-likeness (QED) is 0.317. The van der Waals surface area contributed by atoms with Gasteiger partial charge in [-0.3, -0.25) is 0 Å². The molecule has 5 aromatic rings. The van der Waals surface area contributed by atoms with Crippen molar-refractivity contribution in [2.24, 2.45) is 0 Å². The molecule has 3 aliphatic rings. The summed E-state index contributed by atoms with van der Waals surface area (Å²) < 4.78 is 6.11. The van der Waals surface area contributed by atoms with E-state index >= 15 is 0 Å². The molecule has 8 rings (SSSR count). The van der Waals surface area contributed by atoms with E-state index in [0.29, 0.717) is 0 Å². The van der Waals surface area contributed by atoms with Crippen molar-refractivity contribution >= 4 is 7.69 Å². The van der Waals surface area contributed by atoms with Gasteiger partial charge in [0.2, 0.25) is 0 Å². The standard InChI is InChI=1S/C32H21BO2/c34-33-35-31-25-17-19-9-1-2-10-20(19)24(25)18-29-30(31)23-13-5-8-16-28(23)32(29)26-14-6-3-11-21(26)22-12-4-7-15-27(22)32/h1-16,18,33-34H,17H2. The van der Waals surface area contributed by atoms with Crippen LogP contribution in [-0.4, -0.2) is 12.7 Å². The number of hydrogen-bond acceptors (Lipinski definition) is 2. The maximum atomic E-state index is 10.00. The minimum Gasteiger partial charge on any atom is -0.538 e. The molecular formula is C32H21BO2. The van der Waals surface area contributed by atoms with Crippen molar-refractivity contribution in [3.8, 4) is 39.1 Å². The first-order valence-corrected chi connectivity index (χ1v) is 12.2. The van der Waals surface area contributed by atoms with E-state index in [-0.39, 0.29) is 7.69 Å². The molecule has 3 heteroatoms. The van der Waals surface area contributed by atoms with E-state index in [4.69, 9.17) is 4.65 Å².